The van der Waals surface area contributed by atoms with E-state index in [9.17, 15) is 9.59 Å². The molecule has 1 aromatic heterocycles. The number of methoxy groups -OCH3 is 1. The van der Waals surface area contributed by atoms with Crippen molar-refractivity contribution in [2.75, 3.05) is 19.0 Å². The Labute approximate surface area is 163 Å². The number of anilines is 1. The van der Waals surface area contributed by atoms with E-state index >= 15 is 0 Å². The zero-order chi connectivity index (χ0) is 19.2. The fraction of sp³-hybridized carbons (Fsp3) is 0.333. The first-order valence-electron chi connectivity index (χ1n) is 9.07. The quantitative estimate of drug-likeness (QED) is 0.589. The Hall–Kier alpha value is -2.60. The van der Waals surface area contributed by atoms with E-state index in [1.54, 1.807) is 20.1 Å². The third kappa shape index (κ3) is 4.57. The molecule has 0 unspecified atom stereocenters. The molecule has 1 aliphatic rings. The molecule has 0 atom stereocenters. The molecule has 2 aromatic rings. The van der Waals surface area contributed by atoms with Crippen LogP contribution >= 0.6 is 11.3 Å². The van der Waals surface area contributed by atoms with Gasteiger partial charge in [-0.3, -0.25) is 4.79 Å². The zero-order valence-electron chi connectivity index (χ0n) is 15.5. The van der Waals surface area contributed by atoms with Gasteiger partial charge in [-0.1, -0.05) is 12.1 Å². The van der Waals surface area contributed by atoms with Crippen LogP contribution in [0.25, 0.3) is 6.08 Å². The van der Waals surface area contributed by atoms with Crippen molar-refractivity contribution in [2.45, 2.75) is 32.6 Å². The molecule has 142 valence electrons. The maximum Gasteiger partial charge on any atom is 0.341 e. The summed E-state index contributed by atoms with van der Waals surface area (Å²) in [6.45, 7) is 2.10. The number of benzene rings is 1. The van der Waals surface area contributed by atoms with Gasteiger partial charge in [0.15, 0.2) is 0 Å². The topological polar surface area (TPSA) is 64.6 Å². The van der Waals surface area contributed by atoms with Crippen LogP contribution in [0.5, 0.6) is 5.75 Å². The molecule has 0 saturated heterocycles. The highest BCUT2D eigenvalue weighted by Crippen LogP contribution is 2.38. The second kappa shape index (κ2) is 8.86. The molecule has 1 heterocycles. The van der Waals surface area contributed by atoms with E-state index in [-0.39, 0.29) is 11.9 Å². The van der Waals surface area contributed by atoms with Gasteiger partial charge in [0.1, 0.15) is 10.8 Å². The average molecular weight is 385 g/mol. The molecule has 0 radical (unpaired) electrons. The Kier molecular flexibility index (Phi) is 6.29. The molecule has 0 bridgehead atoms. The van der Waals surface area contributed by atoms with Crippen molar-refractivity contribution >= 4 is 34.3 Å². The summed E-state index contributed by atoms with van der Waals surface area (Å²) in [6.07, 6.45) is 7.15. The van der Waals surface area contributed by atoms with Crippen LogP contribution in [0.2, 0.25) is 0 Å². The molecular formula is C21H23NO4S. The van der Waals surface area contributed by atoms with Crippen LogP contribution in [0, 0.1) is 0 Å². The van der Waals surface area contributed by atoms with Crippen LogP contribution < -0.4 is 10.1 Å². The first-order valence-corrected chi connectivity index (χ1v) is 9.88. The first kappa shape index (κ1) is 19.2. The minimum Gasteiger partial charge on any atom is -0.497 e. The number of thiophene rings is 1. The number of fused-ring (bicyclic) bond motifs is 1. The van der Waals surface area contributed by atoms with Crippen molar-refractivity contribution in [1.29, 1.82) is 0 Å². The van der Waals surface area contributed by atoms with E-state index in [1.165, 1.54) is 22.3 Å². The van der Waals surface area contributed by atoms with E-state index in [1.807, 2.05) is 24.3 Å². The molecule has 5 nitrogen and oxygen atoms in total. The molecular weight excluding hydrogens is 362 g/mol. The summed E-state index contributed by atoms with van der Waals surface area (Å²) in [5.41, 5.74) is 2.43. The molecule has 6 heteroatoms. The number of amides is 1. The smallest absolute Gasteiger partial charge is 0.341 e. The van der Waals surface area contributed by atoms with Gasteiger partial charge in [0, 0.05) is 11.0 Å². The largest absolute Gasteiger partial charge is 0.497 e. The summed E-state index contributed by atoms with van der Waals surface area (Å²) in [7, 11) is 1.60. The van der Waals surface area contributed by atoms with E-state index in [4.69, 9.17) is 9.47 Å². The van der Waals surface area contributed by atoms with Crippen LogP contribution in [0.3, 0.4) is 0 Å². The molecule has 0 saturated carbocycles. The third-order valence-corrected chi connectivity index (χ3v) is 5.62. The molecule has 1 aromatic carbocycles. The molecule has 0 aliphatic heterocycles. The maximum absolute atomic E-state index is 12.4. The van der Waals surface area contributed by atoms with Crippen molar-refractivity contribution < 1.29 is 19.1 Å². The van der Waals surface area contributed by atoms with Crippen molar-refractivity contribution in [3.8, 4) is 5.75 Å². The van der Waals surface area contributed by atoms with Gasteiger partial charge in [-0.05, 0) is 61.9 Å². The number of esters is 1. The Morgan fingerprint density at radius 2 is 2.07 bits per heavy atom. The normalized spacial score (nSPS) is 13.3. The number of rotatable bonds is 6. The molecule has 0 fully saturated rings. The monoisotopic (exact) mass is 385 g/mol. The van der Waals surface area contributed by atoms with Crippen molar-refractivity contribution in [3.63, 3.8) is 0 Å². The van der Waals surface area contributed by atoms with Gasteiger partial charge in [-0.15, -0.1) is 11.3 Å². The fourth-order valence-electron chi connectivity index (χ4n) is 3.14. The lowest BCUT2D eigenvalue weighted by Gasteiger charge is -2.12. The predicted octanol–water partition coefficient (Wildman–Crippen LogP) is 4.46. The van der Waals surface area contributed by atoms with Crippen molar-refractivity contribution in [3.05, 3.63) is 51.9 Å². The van der Waals surface area contributed by atoms with E-state index in [0.29, 0.717) is 17.2 Å². The molecule has 1 amide bonds. The summed E-state index contributed by atoms with van der Waals surface area (Å²) >= 11 is 1.49. The Morgan fingerprint density at radius 3 is 2.85 bits per heavy atom. The average Bonchev–Trinajstić information content (AvgIpc) is 3.04. The Bertz CT molecular complexity index is 869. The summed E-state index contributed by atoms with van der Waals surface area (Å²) in [5.74, 6) is 0.0963. The van der Waals surface area contributed by atoms with Crippen molar-refractivity contribution in [2.24, 2.45) is 0 Å². The van der Waals surface area contributed by atoms with Crippen LogP contribution in [0.1, 0.15) is 46.1 Å². The number of carbonyl (C=O) groups is 2. The van der Waals surface area contributed by atoms with E-state index in [2.05, 4.69) is 5.32 Å². The SMILES string of the molecule is CCOC(=O)c1c(NC(=O)/C=C/c2cccc(OC)c2)sc2c1CCCC2. The lowest BCUT2D eigenvalue weighted by molar-refractivity contribution is -0.111. The van der Waals surface area contributed by atoms with Gasteiger partial charge >= 0.3 is 5.97 Å². The van der Waals surface area contributed by atoms with Gasteiger partial charge in [-0.25, -0.2) is 4.79 Å². The number of hydrogen-bond acceptors (Lipinski definition) is 5. The highest BCUT2D eigenvalue weighted by atomic mass is 32.1. The minimum atomic E-state index is -0.357. The summed E-state index contributed by atoms with van der Waals surface area (Å²) in [5, 5.41) is 3.45. The standard InChI is InChI=1S/C21H23NO4S/c1-3-26-21(24)19-16-9-4-5-10-17(16)27-20(19)22-18(23)12-11-14-7-6-8-15(13-14)25-2/h6-8,11-13H,3-5,9-10H2,1-2H3,(H,22,23)/b12-11+. The Balaban J connectivity index is 1.79. The molecule has 3 rings (SSSR count). The summed E-state index contributed by atoms with van der Waals surface area (Å²) in [4.78, 5) is 26.0. The van der Waals surface area contributed by atoms with Crippen LogP contribution in [-0.4, -0.2) is 25.6 Å². The highest BCUT2D eigenvalue weighted by molar-refractivity contribution is 7.17. The predicted molar refractivity (Wildman–Crippen MR) is 108 cm³/mol. The molecule has 27 heavy (non-hydrogen) atoms. The molecule has 1 N–H and O–H groups in total. The van der Waals surface area contributed by atoms with Crippen molar-refractivity contribution in [1.82, 2.24) is 0 Å². The lowest BCUT2D eigenvalue weighted by atomic mass is 9.95. The van der Waals surface area contributed by atoms with E-state index in [0.717, 1.165) is 42.6 Å². The maximum atomic E-state index is 12.4. The second-order valence-corrected chi connectivity index (χ2v) is 7.34. The number of nitrogens with one attached hydrogen (secondary N) is 1. The summed E-state index contributed by atoms with van der Waals surface area (Å²) < 4.78 is 10.4. The van der Waals surface area contributed by atoms with Crippen LogP contribution in [0.4, 0.5) is 5.00 Å². The molecule has 0 spiro atoms. The summed E-state index contributed by atoms with van der Waals surface area (Å²) in [6, 6.07) is 7.44. The Morgan fingerprint density at radius 1 is 1.26 bits per heavy atom. The van der Waals surface area contributed by atoms with Gasteiger partial charge in [0.25, 0.3) is 0 Å². The minimum absolute atomic E-state index is 0.276. The van der Waals surface area contributed by atoms with Gasteiger partial charge in [0.2, 0.25) is 5.91 Å². The zero-order valence-corrected chi connectivity index (χ0v) is 16.4. The highest BCUT2D eigenvalue weighted by Gasteiger charge is 2.26. The molecule has 1 aliphatic carbocycles. The third-order valence-electron chi connectivity index (χ3n) is 4.41. The van der Waals surface area contributed by atoms with Gasteiger partial charge < -0.3 is 14.8 Å². The number of aryl methyl sites for hydroxylation is 1. The van der Waals surface area contributed by atoms with Crippen LogP contribution in [-0.2, 0) is 22.4 Å². The van der Waals surface area contributed by atoms with E-state index < -0.39 is 0 Å². The lowest BCUT2D eigenvalue weighted by Crippen LogP contribution is -2.14. The number of hydrogen-bond donors (Lipinski definition) is 1. The first-order chi connectivity index (χ1) is 13.1. The van der Waals surface area contributed by atoms with Gasteiger partial charge in [-0.2, -0.15) is 0 Å². The number of carbonyl (C=O) groups excluding carboxylic acids is 2. The van der Waals surface area contributed by atoms with Crippen LogP contribution in [0.15, 0.2) is 30.3 Å². The van der Waals surface area contributed by atoms with Gasteiger partial charge in [0.05, 0.1) is 19.3 Å². The fourth-order valence-corrected chi connectivity index (χ4v) is 4.42. The second-order valence-electron chi connectivity index (χ2n) is 6.23. The number of ether oxygens (including phenoxy) is 2.